The van der Waals surface area contributed by atoms with E-state index in [1.165, 1.54) is 23.9 Å². The van der Waals surface area contributed by atoms with Crippen molar-refractivity contribution >= 4 is 22.8 Å². The first-order chi connectivity index (χ1) is 22.6. The lowest BCUT2D eigenvalue weighted by atomic mass is 9.96. The Labute approximate surface area is 272 Å². The average Bonchev–Trinajstić information content (AvgIpc) is 3.07. The molecule has 240 valence electrons. The third-order valence-corrected chi connectivity index (χ3v) is 7.76. The standard InChI is InChI=1S/C37H36N4O6/c1-7-11-27-17-26(19-34(46-6)35(27)47-22-25-12-10-13-28(18-25)41(43)44)21-38-40-36(39-32-15-9-8-14-29(32)37(40)42)31-20-30(23(2)3)33(45-5)16-24(31)4/h7-10,12-21,23H,1,11,22H2,2-6H3. The van der Waals surface area contributed by atoms with Crippen LogP contribution in [0, 0.1) is 17.0 Å². The number of allylic oxidation sites excluding steroid dienone is 1. The summed E-state index contributed by atoms with van der Waals surface area (Å²) in [4.78, 5) is 29.6. The molecule has 0 bridgehead atoms. The highest BCUT2D eigenvalue weighted by molar-refractivity contribution is 5.83. The number of nitrogens with zero attached hydrogens (tertiary/aromatic N) is 4. The summed E-state index contributed by atoms with van der Waals surface area (Å²) in [6.45, 7) is 10.1. The molecule has 0 amide bonds. The number of ether oxygens (including phenoxy) is 3. The number of aromatic nitrogens is 2. The summed E-state index contributed by atoms with van der Waals surface area (Å²) in [6, 6.07) is 21.1. The topological polar surface area (TPSA) is 118 Å². The van der Waals surface area contributed by atoms with E-state index in [2.05, 4.69) is 25.5 Å². The molecule has 5 aromatic rings. The molecule has 0 aliphatic heterocycles. The van der Waals surface area contributed by atoms with Gasteiger partial charge in [0.1, 0.15) is 12.4 Å². The molecule has 10 heteroatoms. The minimum absolute atomic E-state index is 0.0148. The van der Waals surface area contributed by atoms with Crippen molar-refractivity contribution < 1.29 is 19.1 Å². The largest absolute Gasteiger partial charge is 0.496 e. The number of para-hydroxylation sites is 1. The summed E-state index contributed by atoms with van der Waals surface area (Å²) in [7, 11) is 3.18. The number of nitro groups is 1. The number of non-ortho nitro benzene ring substituents is 1. The molecule has 10 nitrogen and oxygen atoms in total. The van der Waals surface area contributed by atoms with Gasteiger partial charge in [-0.05, 0) is 77.9 Å². The van der Waals surface area contributed by atoms with Gasteiger partial charge in [0, 0.05) is 23.3 Å². The molecular weight excluding hydrogens is 596 g/mol. The van der Waals surface area contributed by atoms with Gasteiger partial charge >= 0.3 is 0 Å². The van der Waals surface area contributed by atoms with Crippen LogP contribution < -0.4 is 19.8 Å². The zero-order valence-electron chi connectivity index (χ0n) is 27.0. The normalized spacial score (nSPS) is 11.3. The summed E-state index contributed by atoms with van der Waals surface area (Å²) >= 11 is 0. The number of aryl methyl sites for hydroxylation is 1. The van der Waals surface area contributed by atoms with Gasteiger partial charge in [-0.2, -0.15) is 9.78 Å². The Hall–Kier alpha value is -5.77. The van der Waals surface area contributed by atoms with Gasteiger partial charge in [-0.25, -0.2) is 4.98 Å². The van der Waals surface area contributed by atoms with E-state index in [1.54, 1.807) is 49.7 Å². The maximum Gasteiger partial charge on any atom is 0.282 e. The molecule has 1 aromatic heterocycles. The lowest BCUT2D eigenvalue weighted by Crippen LogP contribution is -2.21. The molecule has 0 atom stereocenters. The first-order valence-corrected chi connectivity index (χ1v) is 15.1. The molecule has 0 spiro atoms. The number of fused-ring (bicyclic) bond motifs is 1. The summed E-state index contributed by atoms with van der Waals surface area (Å²) in [5.74, 6) is 2.27. The minimum atomic E-state index is -0.442. The fourth-order valence-electron chi connectivity index (χ4n) is 5.39. The Morgan fingerprint density at radius 3 is 2.49 bits per heavy atom. The highest BCUT2D eigenvalue weighted by Crippen LogP contribution is 2.36. The quantitative estimate of drug-likeness (QED) is 0.0601. The van der Waals surface area contributed by atoms with Gasteiger partial charge in [0.25, 0.3) is 11.2 Å². The summed E-state index contributed by atoms with van der Waals surface area (Å²) in [6.07, 6.45) is 3.78. The summed E-state index contributed by atoms with van der Waals surface area (Å²) in [5, 5.41) is 16.4. The van der Waals surface area contributed by atoms with Crippen molar-refractivity contribution in [1.82, 2.24) is 9.66 Å². The van der Waals surface area contributed by atoms with Gasteiger partial charge < -0.3 is 14.2 Å². The van der Waals surface area contributed by atoms with Crippen molar-refractivity contribution in [2.24, 2.45) is 5.10 Å². The minimum Gasteiger partial charge on any atom is -0.496 e. The van der Waals surface area contributed by atoms with Crippen molar-refractivity contribution in [3.05, 3.63) is 134 Å². The number of hydrogen-bond acceptors (Lipinski definition) is 8. The van der Waals surface area contributed by atoms with E-state index >= 15 is 0 Å². The molecule has 47 heavy (non-hydrogen) atoms. The number of benzene rings is 4. The Balaban J connectivity index is 1.60. The lowest BCUT2D eigenvalue weighted by Gasteiger charge is -2.17. The van der Waals surface area contributed by atoms with E-state index in [1.807, 2.05) is 37.3 Å². The van der Waals surface area contributed by atoms with E-state index in [-0.39, 0.29) is 23.8 Å². The van der Waals surface area contributed by atoms with Gasteiger partial charge in [0.05, 0.1) is 36.3 Å². The lowest BCUT2D eigenvalue weighted by molar-refractivity contribution is -0.384. The van der Waals surface area contributed by atoms with Gasteiger partial charge in [-0.1, -0.05) is 44.2 Å². The fraction of sp³-hybridized carbons (Fsp3) is 0.216. The number of methoxy groups -OCH3 is 2. The van der Waals surface area contributed by atoms with Crippen LogP contribution in [0.4, 0.5) is 5.69 Å². The van der Waals surface area contributed by atoms with Crippen molar-refractivity contribution in [2.45, 2.75) is 39.7 Å². The zero-order valence-corrected chi connectivity index (χ0v) is 27.0. The Bertz CT molecular complexity index is 2070. The maximum atomic E-state index is 13.9. The molecule has 0 radical (unpaired) electrons. The predicted octanol–water partition coefficient (Wildman–Crippen LogP) is 7.61. The first-order valence-electron chi connectivity index (χ1n) is 15.1. The van der Waals surface area contributed by atoms with Gasteiger partial charge in [-0.15, -0.1) is 6.58 Å². The van der Waals surface area contributed by atoms with E-state index in [9.17, 15) is 14.9 Å². The molecule has 0 aliphatic rings. The van der Waals surface area contributed by atoms with Gasteiger partial charge in [0.15, 0.2) is 17.3 Å². The molecule has 0 N–H and O–H groups in total. The SMILES string of the molecule is C=CCc1cc(C=Nn2c(-c3cc(C(C)C)c(OC)cc3C)nc3ccccc3c2=O)cc(OC)c1OCc1cccc([N+](=O)[O-])c1. The van der Waals surface area contributed by atoms with Crippen molar-refractivity contribution in [2.75, 3.05) is 14.2 Å². The second-order valence-electron chi connectivity index (χ2n) is 11.3. The molecule has 0 saturated carbocycles. The van der Waals surface area contributed by atoms with Crippen LogP contribution in [0.3, 0.4) is 0 Å². The maximum absolute atomic E-state index is 13.9. The predicted molar refractivity (Wildman–Crippen MR) is 184 cm³/mol. The molecule has 0 unspecified atom stereocenters. The van der Waals surface area contributed by atoms with E-state index in [4.69, 9.17) is 19.2 Å². The van der Waals surface area contributed by atoms with Crippen LogP contribution >= 0.6 is 0 Å². The van der Waals surface area contributed by atoms with Crippen LogP contribution in [0.1, 0.15) is 47.6 Å². The third-order valence-electron chi connectivity index (χ3n) is 7.76. The van der Waals surface area contributed by atoms with Crippen LogP contribution in [-0.2, 0) is 13.0 Å². The fourth-order valence-corrected chi connectivity index (χ4v) is 5.39. The molecule has 0 saturated heterocycles. The second-order valence-corrected chi connectivity index (χ2v) is 11.3. The number of hydrogen-bond donors (Lipinski definition) is 0. The molecule has 4 aromatic carbocycles. The second kappa shape index (κ2) is 14.1. The highest BCUT2D eigenvalue weighted by Gasteiger charge is 2.19. The van der Waals surface area contributed by atoms with Crippen LogP contribution in [0.5, 0.6) is 17.2 Å². The Kier molecular flexibility index (Phi) is 9.80. The van der Waals surface area contributed by atoms with Crippen molar-refractivity contribution in [1.29, 1.82) is 0 Å². The van der Waals surface area contributed by atoms with Crippen LogP contribution in [0.2, 0.25) is 0 Å². The molecule has 0 aliphatic carbocycles. The number of nitro benzene ring substituents is 1. The molecular formula is C37H36N4O6. The van der Waals surface area contributed by atoms with Crippen molar-refractivity contribution in [3.8, 4) is 28.6 Å². The van der Waals surface area contributed by atoms with Crippen LogP contribution in [0.15, 0.2) is 95.3 Å². The van der Waals surface area contributed by atoms with E-state index in [0.717, 1.165) is 28.0 Å². The average molecular weight is 633 g/mol. The molecule has 1 heterocycles. The van der Waals surface area contributed by atoms with Gasteiger partial charge in [-0.3, -0.25) is 14.9 Å². The van der Waals surface area contributed by atoms with E-state index < -0.39 is 4.92 Å². The van der Waals surface area contributed by atoms with E-state index in [0.29, 0.717) is 45.8 Å². The highest BCUT2D eigenvalue weighted by atomic mass is 16.6. The van der Waals surface area contributed by atoms with Crippen LogP contribution in [-0.4, -0.2) is 35.0 Å². The van der Waals surface area contributed by atoms with Crippen LogP contribution in [0.25, 0.3) is 22.3 Å². The molecule has 5 rings (SSSR count). The first kappa shape index (κ1) is 32.6. The summed E-state index contributed by atoms with van der Waals surface area (Å²) < 4.78 is 18.8. The smallest absolute Gasteiger partial charge is 0.282 e. The zero-order chi connectivity index (χ0) is 33.7. The Morgan fingerprint density at radius 1 is 1.02 bits per heavy atom. The number of rotatable bonds is 12. The molecule has 0 fully saturated rings. The Morgan fingerprint density at radius 2 is 1.79 bits per heavy atom. The summed E-state index contributed by atoms with van der Waals surface area (Å²) in [5.41, 5.74) is 4.96. The monoisotopic (exact) mass is 632 g/mol. The third kappa shape index (κ3) is 6.91. The van der Waals surface area contributed by atoms with Gasteiger partial charge in [0.2, 0.25) is 0 Å². The van der Waals surface area contributed by atoms with Crippen molar-refractivity contribution in [3.63, 3.8) is 0 Å².